The van der Waals surface area contributed by atoms with Crippen molar-refractivity contribution in [1.82, 2.24) is 14.5 Å². The summed E-state index contributed by atoms with van der Waals surface area (Å²) < 4.78 is 1.72. The number of carbonyl (C=O) groups is 1. The first-order valence-electron chi connectivity index (χ1n) is 13.4. The lowest BCUT2D eigenvalue weighted by molar-refractivity contribution is -0.139. The Morgan fingerprint density at radius 2 is 1.74 bits per heavy atom. The summed E-state index contributed by atoms with van der Waals surface area (Å²) in [6.07, 6.45) is 9.79. The van der Waals surface area contributed by atoms with Crippen LogP contribution in [-0.2, 0) is 4.79 Å². The first-order valence-corrected chi connectivity index (χ1v) is 13.4. The molecule has 0 N–H and O–H groups in total. The monoisotopic (exact) mass is 473 g/mol. The normalized spacial score (nSPS) is 15.3. The molecule has 1 aliphatic rings. The van der Waals surface area contributed by atoms with Crippen molar-refractivity contribution in [3.05, 3.63) is 70.3 Å². The topological polar surface area (TPSA) is 55.2 Å². The zero-order chi connectivity index (χ0) is 24.8. The minimum absolute atomic E-state index is 0.0809. The average molecular weight is 474 g/mol. The molecule has 1 unspecified atom stereocenters. The van der Waals surface area contributed by atoms with Crippen LogP contribution in [0.1, 0.15) is 89.1 Å². The zero-order valence-corrected chi connectivity index (χ0v) is 21.5. The van der Waals surface area contributed by atoms with Crippen LogP contribution in [-0.4, -0.2) is 26.9 Å². The fraction of sp³-hybridized carbons (Fsp3) is 0.500. The van der Waals surface area contributed by atoms with Gasteiger partial charge in [-0.15, -0.1) is 0 Å². The third-order valence-corrected chi connectivity index (χ3v) is 7.43. The molecule has 5 nitrogen and oxygen atoms in total. The van der Waals surface area contributed by atoms with Gasteiger partial charge in [0.2, 0.25) is 5.91 Å². The van der Waals surface area contributed by atoms with Crippen LogP contribution >= 0.6 is 0 Å². The summed E-state index contributed by atoms with van der Waals surface area (Å²) in [7, 11) is 0. The van der Waals surface area contributed by atoms with Gasteiger partial charge >= 0.3 is 0 Å². The van der Waals surface area contributed by atoms with Gasteiger partial charge in [0, 0.05) is 12.5 Å². The summed E-state index contributed by atoms with van der Waals surface area (Å²) in [6, 6.07) is 15.2. The lowest BCUT2D eigenvalue weighted by Gasteiger charge is -2.34. The quantitative estimate of drug-likeness (QED) is 0.323. The molecule has 186 valence electrons. The van der Waals surface area contributed by atoms with E-state index in [1.54, 1.807) is 4.57 Å². The SMILES string of the molecule is CCCCCCN(C(=O)C1CCCCC1)C(C)c1nc2ccccc2c(=O)n1-c1ccc(C)cc1. The van der Waals surface area contributed by atoms with E-state index in [0.717, 1.165) is 56.2 Å². The van der Waals surface area contributed by atoms with Crippen LogP contribution in [0.5, 0.6) is 0 Å². The van der Waals surface area contributed by atoms with E-state index >= 15 is 0 Å². The van der Waals surface area contributed by atoms with Crippen molar-refractivity contribution in [3.63, 3.8) is 0 Å². The summed E-state index contributed by atoms with van der Waals surface area (Å²) in [5, 5.41) is 0.595. The number of benzene rings is 2. The first kappa shape index (κ1) is 25.2. The second kappa shape index (κ2) is 11.7. The summed E-state index contributed by atoms with van der Waals surface area (Å²) in [5.74, 6) is 0.946. The Morgan fingerprint density at radius 1 is 1.03 bits per heavy atom. The Labute approximate surface area is 209 Å². The van der Waals surface area contributed by atoms with Gasteiger partial charge in [0.15, 0.2) is 0 Å². The number of rotatable bonds is 9. The number of carbonyl (C=O) groups excluding carboxylic acids is 1. The molecule has 1 heterocycles. The second-order valence-electron chi connectivity index (χ2n) is 10.1. The summed E-state index contributed by atoms with van der Waals surface area (Å²) in [5.41, 5.74) is 2.52. The number of aryl methyl sites for hydroxylation is 1. The average Bonchev–Trinajstić information content (AvgIpc) is 2.89. The third kappa shape index (κ3) is 5.66. The number of hydrogen-bond acceptors (Lipinski definition) is 3. The molecule has 3 aromatic rings. The number of unbranched alkanes of at least 4 members (excludes halogenated alkanes) is 3. The number of para-hydroxylation sites is 1. The fourth-order valence-corrected chi connectivity index (χ4v) is 5.30. The van der Waals surface area contributed by atoms with Gasteiger partial charge in [-0.25, -0.2) is 4.98 Å². The molecule has 1 fully saturated rings. The summed E-state index contributed by atoms with van der Waals surface area (Å²) >= 11 is 0. The van der Waals surface area contributed by atoms with E-state index < -0.39 is 0 Å². The molecule has 0 bridgehead atoms. The number of amides is 1. The third-order valence-electron chi connectivity index (χ3n) is 7.43. The molecule has 1 atom stereocenters. The molecule has 1 saturated carbocycles. The highest BCUT2D eigenvalue weighted by molar-refractivity contribution is 5.80. The Bertz CT molecular complexity index is 1190. The highest BCUT2D eigenvalue weighted by atomic mass is 16.2. The van der Waals surface area contributed by atoms with Crippen LogP contribution in [0.15, 0.2) is 53.3 Å². The van der Waals surface area contributed by atoms with E-state index in [1.165, 1.54) is 12.8 Å². The van der Waals surface area contributed by atoms with Gasteiger partial charge in [0.1, 0.15) is 5.82 Å². The number of hydrogen-bond donors (Lipinski definition) is 0. The van der Waals surface area contributed by atoms with Gasteiger partial charge < -0.3 is 4.90 Å². The van der Waals surface area contributed by atoms with E-state index in [0.29, 0.717) is 23.3 Å². The maximum atomic E-state index is 13.8. The number of nitrogens with zero attached hydrogens (tertiary/aromatic N) is 3. The van der Waals surface area contributed by atoms with E-state index in [2.05, 4.69) is 6.92 Å². The van der Waals surface area contributed by atoms with Crippen molar-refractivity contribution in [2.75, 3.05) is 6.54 Å². The van der Waals surface area contributed by atoms with Gasteiger partial charge in [0.05, 0.1) is 22.6 Å². The van der Waals surface area contributed by atoms with Crippen molar-refractivity contribution < 1.29 is 4.79 Å². The standard InChI is InChI=1S/C30H39N3O2/c1-4-5-6-12-21-32(29(34)24-13-8-7-9-14-24)23(3)28-31-27-16-11-10-15-26(27)30(35)33(28)25-19-17-22(2)18-20-25/h10-11,15-20,23-24H,4-9,12-14,21H2,1-3H3. The largest absolute Gasteiger partial charge is 0.333 e. The molecule has 1 aromatic heterocycles. The van der Waals surface area contributed by atoms with Crippen molar-refractivity contribution >= 4 is 16.8 Å². The van der Waals surface area contributed by atoms with E-state index in [9.17, 15) is 9.59 Å². The Hall–Kier alpha value is -2.95. The molecule has 0 saturated heterocycles. The van der Waals surface area contributed by atoms with E-state index in [4.69, 9.17) is 4.98 Å². The molecule has 0 spiro atoms. The number of fused-ring (bicyclic) bond motifs is 1. The van der Waals surface area contributed by atoms with Crippen molar-refractivity contribution in [3.8, 4) is 5.69 Å². The van der Waals surface area contributed by atoms with Crippen LogP contribution in [0.3, 0.4) is 0 Å². The van der Waals surface area contributed by atoms with Crippen LogP contribution in [0.2, 0.25) is 0 Å². The van der Waals surface area contributed by atoms with Gasteiger partial charge in [-0.3, -0.25) is 14.2 Å². The molecule has 1 aliphatic carbocycles. The summed E-state index contributed by atoms with van der Waals surface area (Å²) in [4.78, 5) is 34.6. The molecular weight excluding hydrogens is 434 g/mol. The van der Waals surface area contributed by atoms with E-state index in [1.807, 2.05) is 67.3 Å². The van der Waals surface area contributed by atoms with Gasteiger partial charge in [-0.1, -0.05) is 75.3 Å². The molecule has 5 heteroatoms. The predicted octanol–water partition coefficient (Wildman–Crippen LogP) is 6.74. The van der Waals surface area contributed by atoms with Gasteiger partial charge in [-0.2, -0.15) is 0 Å². The maximum absolute atomic E-state index is 13.8. The molecule has 0 radical (unpaired) electrons. The molecular formula is C30H39N3O2. The second-order valence-corrected chi connectivity index (χ2v) is 10.1. The summed E-state index contributed by atoms with van der Waals surface area (Å²) in [6.45, 7) is 6.98. The van der Waals surface area contributed by atoms with Crippen molar-refractivity contribution in [2.45, 2.75) is 84.6 Å². The molecule has 35 heavy (non-hydrogen) atoms. The Balaban J connectivity index is 1.79. The van der Waals surface area contributed by atoms with E-state index in [-0.39, 0.29) is 23.4 Å². The lowest BCUT2D eigenvalue weighted by Crippen LogP contribution is -2.41. The Kier molecular flexibility index (Phi) is 8.37. The minimum Gasteiger partial charge on any atom is -0.333 e. The molecule has 1 amide bonds. The highest BCUT2D eigenvalue weighted by Crippen LogP contribution is 2.30. The minimum atomic E-state index is -0.301. The Morgan fingerprint density at radius 3 is 2.46 bits per heavy atom. The van der Waals surface area contributed by atoms with Gasteiger partial charge in [-0.05, 0) is 57.4 Å². The molecule has 0 aliphatic heterocycles. The lowest BCUT2D eigenvalue weighted by atomic mass is 9.88. The van der Waals surface area contributed by atoms with Crippen molar-refractivity contribution in [1.29, 1.82) is 0 Å². The van der Waals surface area contributed by atoms with Crippen LogP contribution in [0, 0.1) is 12.8 Å². The smallest absolute Gasteiger partial charge is 0.266 e. The number of aromatic nitrogens is 2. The molecule has 2 aromatic carbocycles. The maximum Gasteiger partial charge on any atom is 0.266 e. The van der Waals surface area contributed by atoms with Crippen molar-refractivity contribution in [2.24, 2.45) is 5.92 Å². The fourth-order valence-electron chi connectivity index (χ4n) is 5.30. The first-order chi connectivity index (χ1) is 17.0. The highest BCUT2D eigenvalue weighted by Gasteiger charge is 2.31. The molecule has 4 rings (SSSR count). The van der Waals surface area contributed by atoms with Gasteiger partial charge in [0.25, 0.3) is 5.56 Å². The predicted molar refractivity (Wildman–Crippen MR) is 143 cm³/mol. The van der Waals surface area contributed by atoms with Crippen LogP contribution < -0.4 is 5.56 Å². The zero-order valence-electron chi connectivity index (χ0n) is 21.5. The van der Waals surface area contributed by atoms with Crippen LogP contribution in [0.4, 0.5) is 0 Å². The van der Waals surface area contributed by atoms with Crippen LogP contribution in [0.25, 0.3) is 16.6 Å².